The van der Waals surface area contributed by atoms with Crippen LogP contribution in [0.25, 0.3) is 0 Å². The highest BCUT2D eigenvalue weighted by atomic mass is 14.1. The standard InChI is InChI=1S/C21H26/c1-7-13-18(11-5)19(12-6)17-21(16-10-4)20(14-8-2)15-9-3/h7-9,11-17H,1-2,5-6,10H2,3-4H3/b15-9-,18-13+,19-17+,20-14+,21-16+. The number of hydrogen-bond acceptors (Lipinski definition) is 0. The summed E-state index contributed by atoms with van der Waals surface area (Å²) >= 11 is 0. The molecule has 0 bridgehead atoms. The predicted molar refractivity (Wildman–Crippen MR) is 98.2 cm³/mol. The lowest BCUT2D eigenvalue weighted by Crippen LogP contribution is -1.89. The molecule has 0 N–H and O–H groups in total. The molecular formula is C21H26. The molecule has 21 heavy (non-hydrogen) atoms. The summed E-state index contributed by atoms with van der Waals surface area (Å²) in [6.07, 6.45) is 20.5. The zero-order valence-corrected chi connectivity index (χ0v) is 13.3. The average Bonchev–Trinajstić information content (AvgIpc) is 2.49. The van der Waals surface area contributed by atoms with Gasteiger partial charge in [0, 0.05) is 0 Å². The van der Waals surface area contributed by atoms with Gasteiger partial charge in [-0.15, -0.1) is 0 Å². The van der Waals surface area contributed by atoms with E-state index < -0.39 is 0 Å². The average molecular weight is 278 g/mol. The predicted octanol–water partition coefficient (Wildman–Crippen LogP) is 6.42. The second-order valence-electron chi connectivity index (χ2n) is 4.29. The SMILES string of the molecule is C=C/C=C(C=C)/C(C=C)=C/C(=C\CC)C(/C=C\C)=C/C=C. The Morgan fingerprint density at radius 1 is 0.810 bits per heavy atom. The fourth-order valence-electron chi connectivity index (χ4n) is 1.87. The maximum atomic E-state index is 3.90. The van der Waals surface area contributed by atoms with Crippen molar-refractivity contribution in [3.05, 3.63) is 109 Å². The Kier molecular flexibility index (Phi) is 10.2. The monoisotopic (exact) mass is 278 g/mol. The van der Waals surface area contributed by atoms with Crippen molar-refractivity contribution in [1.29, 1.82) is 0 Å². The molecule has 0 amide bonds. The summed E-state index contributed by atoms with van der Waals surface area (Å²) in [5, 5.41) is 0. The molecule has 0 aromatic heterocycles. The minimum absolute atomic E-state index is 0.955. The van der Waals surface area contributed by atoms with Crippen LogP contribution in [0, 0.1) is 0 Å². The molecule has 0 unspecified atom stereocenters. The van der Waals surface area contributed by atoms with E-state index in [-0.39, 0.29) is 0 Å². The van der Waals surface area contributed by atoms with E-state index in [0.29, 0.717) is 0 Å². The van der Waals surface area contributed by atoms with Crippen molar-refractivity contribution in [1.82, 2.24) is 0 Å². The molecule has 0 heterocycles. The van der Waals surface area contributed by atoms with Crippen LogP contribution in [0.2, 0.25) is 0 Å². The maximum Gasteiger partial charge on any atom is -0.0184 e. The van der Waals surface area contributed by atoms with Crippen LogP contribution in [0.1, 0.15) is 20.3 Å². The van der Waals surface area contributed by atoms with Gasteiger partial charge in [-0.1, -0.05) is 87.9 Å². The minimum Gasteiger partial charge on any atom is -0.0990 e. The molecule has 0 fully saturated rings. The van der Waals surface area contributed by atoms with Crippen molar-refractivity contribution in [3.8, 4) is 0 Å². The summed E-state index contributed by atoms with van der Waals surface area (Å²) in [5.41, 5.74) is 4.28. The van der Waals surface area contributed by atoms with Crippen LogP contribution in [0.3, 0.4) is 0 Å². The molecule has 0 aliphatic heterocycles. The first-order valence-corrected chi connectivity index (χ1v) is 7.14. The highest BCUT2D eigenvalue weighted by Crippen LogP contribution is 2.21. The van der Waals surface area contributed by atoms with Gasteiger partial charge in [0.1, 0.15) is 0 Å². The summed E-state index contributed by atoms with van der Waals surface area (Å²) < 4.78 is 0. The van der Waals surface area contributed by atoms with Gasteiger partial charge in [0.15, 0.2) is 0 Å². The first-order valence-electron chi connectivity index (χ1n) is 7.14. The Morgan fingerprint density at radius 2 is 1.38 bits per heavy atom. The quantitative estimate of drug-likeness (QED) is 0.427. The van der Waals surface area contributed by atoms with Gasteiger partial charge in [-0.05, 0) is 41.7 Å². The topological polar surface area (TPSA) is 0 Å². The molecule has 0 heteroatoms. The fourth-order valence-corrected chi connectivity index (χ4v) is 1.87. The lowest BCUT2D eigenvalue weighted by atomic mass is 9.97. The molecule has 0 nitrogen and oxygen atoms in total. The third-order valence-electron chi connectivity index (χ3n) is 2.78. The van der Waals surface area contributed by atoms with Crippen LogP contribution in [-0.2, 0) is 0 Å². The van der Waals surface area contributed by atoms with Crippen LogP contribution >= 0.6 is 0 Å². The Labute approximate surface area is 130 Å². The Hall–Kier alpha value is -2.34. The molecule has 0 aromatic carbocycles. The lowest BCUT2D eigenvalue weighted by molar-refractivity contribution is 1.20. The van der Waals surface area contributed by atoms with Crippen LogP contribution in [0.15, 0.2) is 109 Å². The normalized spacial score (nSPS) is 14.2. The van der Waals surface area contributed by atoms with E-state index in [1.165, 1.54) is 0 Å². The van der Waals surface area contributed by atoms with Gasteiger partial charge in [0.25, 0.3) is 0 Å². The highest BCUT2D eigenvalue weighted by Gasteiger charge is 2.02. The van der Waals surface area contributed by atoms with Crippen LogP contribution in [0.4, 0.5) is 0 Å². The van der Waals surface area contributed by atoms with Crippen LogP contribution in [-0.4, -0.2) is 0 Å². The van der Waals surface area contributed by atoms with E-state index in [1.807, 2.05) is 37.3 Å². The smallest absolute Gasteiger partial charge is 0.0184 e. The molecule has 0 aliphatic carbocycles. The largest absolute Gasteiger partial charge is 0.0990 e. The third-order valence-corrected chi connectivity index (χ3v) is 2.78. The molecular weight excluding hydrogens is 252 g/mol. The van der Waals surface area contributed by atoms with Crippen LogP contribution in [0.5, 0.6) is 0 Å². The molecule has 110 valence electrons. The molecule has 0 aromatic rings. The van der Waals surface area contributed by atoms with E-state index in [1.54, 1.807) is 12.2 Å². The van der Waals surface area contributed by atoms with Gasteiger partial charge in [0.05, 0.1) is 0 Å². The molecule has 0 radical (unpaired) electrons. The van der Waals surface area contributed by atoms with E-state index in [0.717, 1.165) is 28.7 Å². The zero-order chi connectivity index (χ0) is 16.1. The van der Waals surface area contributed by atoms with Gasteiger partial charge in [0.2, 0.25) is 0 Å². The maximum absolute atomic E-state index is 3.90. The number of allylic oxidation sites excluding steroid dienone is 14. The number of rotatable bonds is 9. The van der Waals surface area contributed by atoms with Gasteiger partial charge in [-0.25, -0.2) is 0 Å². The van der Waals surface area contributed by atoms with Crippen molar-refractivity contribution in [3.63, 3.8) is 0 Å². The van der Waals surface area contributed by atoms with Crippen molar-refractivity contribution >= 4 is 0 Å². The van der Waals surface area contributed by atoms with E-state index in [2.05, 4.69) is 51.5 Å². The number of hydrogen-bond donors (Lipinski definition) is 0. The Balaban J connectivity index is 5.98. The van der Waals surface area contributed by atoms with Crippen LogP contribution < -0.4 is 0 Å². The molecule has 0 saturated heterocycles. The van der Waals surface area contributed by atoms with E-state index in [9.17, 15) is 0 Å². The highest BCUT2D eigenvalue weighted by molar-refractivity contribution is 5.56. The van der Waals surface area contributed by atoms with Gasteiger partial charge >= 0.3 is 0 Å². The second kappa shape index (κ2) is 11.5. The van der Waals surface area contributed by atoms with Crippen molar-refractivity contribution in [2.75, 3.05) is 0 Å². The first-order chi connectivity index (χ1) is 10.2. The lowest BCUT2D eigenvalue weighted by Gasteiger charge is -2.08. The summed E-state index contributed by atoms with van der Waals surface area (Å²) in [5.74, 6) is 0. The van der Waals surface area contributed by atoms with E-state index in [4.69, 9.17) is 0 Å². The van der Waals surface area contributed by atoms with Crippen molar-refractivity contribution in [2.45, 2.75) is 20.3 Å². The van der Waals surface area contributed by atoms with E-state index >= 15 is 0 Å². The second-order valence-corrected chi connectivity index (χ2v) is 4.29. The van der Waals surface area contributed by atoms with Gasteiger partial charge in [-0.2, -0.15) is 0 Å². The Bertz CT molecular complexity index is 528. The fraction of sp³-hybridized carbons (Fsp3) is 0.143. The summed E-state index contributed by atoms with van der Waals surface area (Å²) in [4.78, 5) is 0. The van der Waals surface area contributed by atoms with Gasteiger partial charge < -0.3 is 0 Å². The van der Waals surface area contributed by atoms with Crippen molar-refractivity contribution < 1.29 is 0 Å². The molecule has 0 atom stereocenters. The molecule has 0 spiro atoms. The summed E-state index contributed by atoms with van der Waals surface area (Å²) in [6, 6.07) is 0. The summed E-state index contributed by atoms with van der Waals surface area (Å²) in [6.45, 7) is 19.4. The first kappa shape index (κ1) is 18.7. The van der Waals surface area contributed by atoms with Crippen molar-refractivity contribution in [2.24, 2.45) is 0 Å². The zero-order valence-electron chi connectivity index (χ0n) is 13.3. The van der Waals surface area contributed by atoms with Gasteiger partial charge in [-0.3, -0.25) is 0 Å². The molecule has 0 aliphatic rings. The summed E-state index contributed by atoms with van der Waals surface area (Å²) in [7, 11) is 0. The third kappa shape index (κ3) is 6.58. The minimum atomic E-state index is 0.955. The molecule has 0 rings (SSSR count). The molecule has 0 saturated carbocycles. The Morgan fingerprint density at radius 3 is 1.81 bits per heavy atom.